The van der Waals surface area contributed by atoms with Crippen molar-refractivity contribution in [2.45, 2.75) is 6.92 Å². The maximum absolute atomic E-state index is 12.7. The summed E-state index contributed by atoms with van der Waals surface area (Å²) in [5, 5.41) is 8.65. The lowest BCUT2D eigenvalue weighted by Crippen LogP contribution is -2.37. The Morgan fingerprint density at radius 3 is 2.42 bits per heavy atom. The third-order valence-corrected chi connectivity index (χ3v) is 2.99. The number of carbonyl (C=O) groups is 2. The average Bonchev–Trinajstić information content (AvgIpc) is 2.57. The highest BCUT2D eigenvalue weighted by molar-refractivity contribution is 5.92. The van der Waals surface area contributed by atoms with Crippen molar-refractivity contribution in [3.8, 4) is 0 Å². The predicted molar refractivity (Wildman–Crippen MR) is 90.3 cm³/mol. The van der Waals surface area contributed by atoms with Crippen molar-refractivity contribution < 1.29 is 14.0 Å². The summed E-state index contributed by atoms with van der Waals surface area (Å²) in [5.41, 5.74) is 4.72. The molecule has 0 aliphatic heterocycles. The van der Waals surface area contributed by atoms with Gasteiger partial charge in [-0.25, -0.2) is 14.6 Å². The molecule has 2 aromatic rings. The maximum atomic E-state index is 12.7. The van der Waals surface area contributed by atoms with Crippen molar-refractivity contribution in [1.29, 1.82) is 0 Å². The second-order valence-corrected chi connectivity index (χ2v) is 5.02. The van der Waals surface area contributed by atoms with E-state index in [1.165, 1.54) is 30.5 Å². The minimum absolute atomic E-state index is 0.238. The van der Waals surface area contributed by atoms with E-state index in [0.717, 1.165) is 11.1 Å². The van der Waals surface area contributed by atoms with Crippen LogP contribution >= 0.6 is 0 Å². The first-order chi connectivity index (χ1) is 11.5. The van der Waals surface area contributed by atoms with Gasteiger partial charge in [-0.3, -0.25) is 4.79 Å². The first kappa shape index (κ1) is 17.1. The number of rotatable bonds is 5. The van der Waals surface area contributed by atoms with Gasteiger partial charge in [0.05, 0.1) is 6.21 Å². The van der Waals surface area contributed by atoms with Gasteiger partial charge < -0.3 is 10.6 Å². The van der Waals surface area contributed by atoms with Crippen LogP contribution in [0.4, 0.5) is 14.9 Å². The fraction of sp³-hybridized carbons (Fsp3) is 0.118. The first-order valence-electron chi connectivity index (χ1n) is 7.22. The molecule has 0 saturated carbocycles. The van der Waals surface area contributed by atoms with Gasteiger partial charge in [-0.1, -0.05) is 29.8 Å². The van der Waals surface area contributed by atoms with Gasteiger partial charge in [-0.05, 0) is 36.8 Å². The van der Waals surface area contributed by atoms with Gasteiger partial charge in [-0.15, -0.1) is 0 Å². The van der Waals surface area contributed by atoms with Crippen LogP contribution in [-0.4, -0.2) is 24.7 Å². The average molecular weight is 328 g/mol. The van der Waals surface area contributed by atoms with Gasteiger partial charge >= 0.3 is 6.03 Å². The number of halogens is 1. The molecule has 2 aromatic carbocycles. The highest BCUT2D eigenvalue weighted by Crippen LogP contribution is 2.07. The van der Waals surface area contributed by atoms with Crippen LogP contribution in [-0.2, 0) is 4.79 Å². The second kappa shape index (κ2) is 8.42. The Balaban J connectivity index is 1.71. The van der Waals surface area contributed by atoms with E-state index in [0.29, 0.717) is 5.69 Å². The lowest BCUT2D eigenvalue weighted by atomic mass is 10.2. The van der Waals surface area contributed by atoms with Crippen LogP contribution in [0.25, 0.3) is 0 Å². The molecule has 0 saturated heterocycles. The van der Waals surface area contributed by atoms with Gasteiger partial charge in [0.25, 0.3) is 5.91 Å². The number of nitrogens with zero attached hydrogens (tertiary/aromatic N) is 1. The Kier molecular flexibility index (Phi) is 6.01. The van der Waals surface area contributed by atoms with Crippen LogP contribution in [0, 0.1) is 12.7 Å². The van der Waals surface area contributed by atoms with Crippen LogP contribution in [0.1, 0.15) is 11.1 Å². The Bertz CT molecular complexity index is 727. The standard InChI is InChI=1S/C17H17FN4O2/c1-12-2-4-13(5-3-12)10-20-22-16(23)11-19-17(24)21-15-8-6-14(18)7-9-15/h2-10H,11H2,1H3,(H,22,23)(H2,19,21,24)/b20-10+. The van der Waals surface area contributed by atoms with Gasteiger partial charge in [-0.2, -0.15) is 5.10 Å². The van der Waals surface area contributed by atoms with E-state index in [1.807, 2.05) is 31.2 Å². The summed E-state index contributed by atoms with van der Waals surface area (Å²) in [5.74, 6) is -0.862. The molecular weight excluding hydrogens is 311 g/mol. The maximum Gasteiger partial charge on any atom is 0.319 e. The van der Waals surface area contributed by atoms with Gasteiger partial charge in [0, 0.05) is 5.69 Å². The molecule has 3 amide bonds. The topological polar surface area (TPSA) is 82.6 Å². The summed E-state index contributed by atoms with van der Waals surface area (Å²) in [4.78, 5) is 23.2. The molecule has 0 radical (unpaired) electrons. The van der Waals surface area contributed by atoms with Crippen molar-refractivity contribution in [3.05, 3.63) is 65.5 Å². The molecule has 0 heterocycles. The molecule has 0 aromatic heterocycles. The molecule has 2 rings (SSSR count). The van der Waals surface area contributed by atoms with Gasteiger partial charge in [0.2, 0.25) is 0 Å². The highest BCUT2D eigenvalue weighted by atomic mass is 19.1. The molecule has 0 spiro atoms. The zero-order chi connectivity index (χ0) is 17.4. The van der Waals surface area contributed by atoms with Crippen molar-refractivity contribution in [2.75, 3.05) is 11.9 Å². The molecule has 24 heavy (non-hydrogen) atoms. The largest absolute Gasteiger partial charge is 0.329 e. The van der Waals surface area contributed by atoms with E-state index in [4.69, 9.17) is 0 Å². The summed E-state index contributed by atoms with van der Waals surface area (Å²) < 4.78 is 12.7. The number of urea groups is 1. The van der Waals surface area contributed by atoms with E-state index in [-0.39, 0.29) is 6.54 Å². The lowest BCUT2D eigenvalue weighted by Gasteiger charge is -2.06. The smallest absolute Gasteiger partial charge is 0.319 e. The fourth-order valence-electron chi connectivity index (χ4n) is 1.74. The zero-order valence-corrected chi connectivity index (χ0v) is 13.0. The minimum atomic E-state index is -0.570. The number of hydrazone groups is 1. The SMILES string of the molecule is Cc1ccc(/C=N/NC(=O)CNC(=O)Nc2ccc(F)cc2)cc1. The molecule has 6 nitrogen and oxygen atoms in total. The van der Waals surface area contributed by atoms with Crippen LogP contribution in [0.15, 0.2) is 53.6 Å². The quantitative estimate of drug-likeness (QED) is 0.582. The number of amides is 3. The van der Waals surface area contributed by atoms with E-state index in [2.05, 4.69) is 21.2 Å². The Morgan fingerprint density at radius 1 is 1.08 bits per heavy atom. The predicted octanol–water partition coefficient (Wildman–Crippen LogP) is 2.41. The molecule has 0 unspecified atom stereocenters. The Hall–Kier alpha value is -3.22. The van der Waals surface area contributed by atoms with Crippen LogP contribution < -0.4 is 16.1 Å². The third kappa shape index (κ3) is 5.88. The van der Waals surface area contributed by atoms with Crippen molar-refractivity contribution >= 4 is 23.8 Å². The lowest BCUT2D eigenvalue weighted by molar-refractivity contribution is -0.120. The number of aryl methyl sites for hydroxylation is 1. The highest BCUT2D eigenvalue weighted by Gasteiger charge is 2.04. The summed E-state index contributed by atoms with van der Waals surface area (Å²) in [6.07, 6.45) is 1.51. The fourth-order valence-corrected chi connectivity index (χ4v) is 1.74. The Morgan fingerprint density at radius 2 is 1.75 bits per heavy atom. The number of anilines is 1. The second-order valence-electron chi connectivity index (χ2n) is 5.02. The summed E-state index contributed by atoms with van der Waals surface area (Å²) >= 11 is 0. The molecule has 0 aliphatic rings. The van der Waals surface area contributed by atoms with Crippen molar-refractivity contribution in [3.63, 3.8) is 0 Å². The molecule has 0 aliphatic carbocycles. The van der Waals surface area contributed by atoms with E-state index in [1.54, 1.807) is 0 Å². The molecular formula is C17H17FN4O2. The van der Waals surface area contributed by atoms with Gasteiger partial charge in [0.15, 0.2) is 0 Å². The van der Waals surface area contributed by atoms with Crippen LogP contribution in [0.5, 0.6) is 0 Å². The molecule has 0 bridgehead atoms. The van der Waals surface area contributed by atoms with Crippen LogP contribution in [0.2, 0.25) is 0 Å². The van der Waals surface area contributed by atoms with E-state index in [9.17, 15) is 14.0 Å². The van der Waals surface area contributed by atoms with E-state index >= 15 is 0 Å². The molecule has 124 valence electrons. The summed E-state index contributed by atoms with van der Waals surface area (Å²) in [7, 11) is 0. The normalized spacial score (nSPS) is 10.4. The first-order valence-corrected chi connectivity index (χ1v) is 7.22. The Labute approximate surface area is 138 Å². The summed E-state index contributed by atoms with van der Waals surface area (Å²) in [6, 6.07) is 12.3. The molecule has 0 atom stereocenters. The van der Waals surface area contributed by atoms with Gasteiger partial charge in [0.1, 0.15) is 12.4 Å². The number of nitrogens with one attached hydrogen (secondary N) is 3. The summed E-state index contributed by atoms with van der Waals surface area (Å²) in [6.45, 7) is 1.74. The zero-order valence-electron chi connectivity index (χ0n) is 13.0. The monoisotopic (exact) mass is 328 g/mol. The number of hydrogen-bond donors (Lipinski definition) is 3. The van der Waals surface area contributed by atoms with Crippen molar-refractivity contribution in [2.24, 2.45) is 5.10 Å². The third-order valence-electron chi connectivity index (χ3n) is 2.99. The number of benzene rings is 2. The molecule has 3 N–H and O–H groups in total. The minimum Gasteiger partial charge on any atom is -0.329 e. The number of carbonyl (C=O) groups excluding carboxylic acids is 2. The number of hydrogen-bond acceptors (Lipinski definition) is 3. The molecule has 7 heteroatoms. The molecule has 0 fully saturated rings. The van der Waals surface area contributed by atoms with E-state index < -0.39 is 17.8 Å². The van der Waals surface area contributed by atoms with Crippen LogP contribution in [0.3, 0.4) is 0 Å². The van der Waals surface area contributed by atoms with Crippen molar-refractivity contribution in [1.82, 2.24) is 10.7 Å².